The second-order valence-corrected chi connectivity index (χ2v) is 11.8. The van der Waals surface area contributed by atoms with E-state index in [0.717, 1.165) is 57.3 Å². The van der Waals surface area contributed by atoms with Crippen molar-refractivity contribution in [3.05, 3.63) is 53.5 Å². The van der Waals surface area contributed by atoms with Crippen molar-refractivity contribution in [2.75, 3.05) is 17.2 Å². The van der Waals surface area contributed by atoms with E-state index in [4.69, 9.17) is 19.7 Å². The summed E-state index contributed by atoms with van der Waals surface area (Å²) in [5.41, 5.74) is 3.54. The van der Waals surface area contributed by atoms with E-state index >= 15 is 0 Å². The fourth-order valence-corrected chi connectivity index (χ4v) is 6.49. The Balaban J connectivity index is 1.24. The molecule has 0 radical (unpaired) electrons. The molecule has 2 N–H and O–H groups in total. The predicted molar refractivity (Wildman–Crippen MR) is 150 cm³/mol. The summed E-state index contributed by atoms with van der Waals surface area (Å²) in [6.07, 6.45) is 6.88. The van der Waals surface area contributed by atoms with E-state index in [1.807, 2.05) is 26.1 Å². The van der Waals surface area contributed by atoms with E-state index in [9.17, 15) is 8.78 Å². The number of fused-ring (bicyclic) bond motifs is 1. The lowest BCUT2D eigenvalue weighted by molar-refractivity contribution is 0.231. The van der Waals surface area contributed by atoms with Crippen LogP contribution in [0.1, 0.15) is 50.4 Å². The Morgan fingerprint density at radius 2 is 1.82 bits per heavy atom. The van der Waals surface area contributed by atoms with Gasteiger partial charge in [0.05, 0.1) is 28.3 Å². The minimum atomic E-state index is -0.675. The summed E-state index contributed by atoms with van der Waals surface area (Å²) in [5.74, 6) is 0.560. The fourth-order valence-electron chi connectivity index (χ4n) is 5.38. The Morgan fingerprint density at radius 1 is 1.03 bits per heavy atom. The van der Waals surface area contributed by atoms with Crippen LogP contribution in [0.2, 0.25) is 0 Å². The number of para-hydroxylation sites is 1. The number of halogens is 2. The summed E-state index contributed by atoms with van der Waals surface area (Å²) in [6.45, 7) is 6.41. The number of nitrogens with one attached hydrogen (secondary N) is 2. The fraction of sp³-hybridized carbons (Fsp3) is 0.448. The minimum Gasteiger partial charge on any atom is -0.487 e. The zero-order valence-corrected chi connectivity index (χ0v) is 23.1. The van der Waals surface area contributed by atoms with Gasteiger partial charge in [-0.2, -0.15) is 4.98 Å². The van der Waals surface area contributed by atoms with Gasteiger partial charge in [-0.25, -0.2) is 18.7 Å². The van der Waals surface area contributed by atoms with Crippen LogP contribution in [-0.2, 0) is 0 Å². The monoisotopic (exact) mass is 550 g/mol. The first-order valence-corrected chi connectivity index (χ1v) is 14.4. The van der Waals surface area contributed by atoms with Gasteiger partial charge < -0.3 is 15.4 Å². The van der Waals surface area contributed by atoms with Crippen molar-refractivity contribution < 1.29 is 13.5 Å². The highest BCUT2D eigenvalue weighted by Gasteiger charge is 2.30. The molecule has 2 fully saturated rings. The van der Waals surface area contributed by atoms with Crippen LogP contribution in [0, 0.1) is 37.3 Å². The van der Waals surface area contributed by atoms with E-state index in [2.05, 4.69) is 22.5 Å². The van der Waals surface area contributed by atoms with E-state index in [-0.39, 0.29) is 24.3 Å². The standard InChI is InChI=1S/C29H32F2N6OS/c1-15(19-8-9-19)33-29-34-16(2)24(28-36-25-17(3)32-12-11-23(25)39-28)27(37-29)35-20-10-7-18(13-20)14-38-26-21(30)5-4-6-22(26)31/h4-6,11-12,15,18-20H,7-10,13-14H2,1-3H3,(H2,33,34,35,37)/t15-,18?,20+/m1/s1. The van der Waals surface area contributed by atoms with Crippen LogP contribution in [0.5, 0.6) is 5.75 Å². The van der Waals surface area contributed by atoms with Crippen molar-refractivity contribution in [3.63, 3.8) is 0 Å². The Morgan fingerprint density at radius 3 is 2.56 bits per heavy atom. The number of nitrogens with zero attached hydrogens (tertiary/aromatic N) is 4. The van der Waals surface area contributed by atoms with E-state index in [1.165, 1.54) is 31.0 Å². The molecule has 0 aliphatic heterocycles. The van der Waals surface area contributed by atoms with Gasteiger partial charge in [0.2, 0.25) is 5.95 Å². The molecule has 3 heterocycles. The average molecular weight is 551 g/mol. The molecule has 7 nitrogen and oxygen atoms in total. The molecule has 1 unspecified atom stereocenters. The average Bonchev–Trinajstić information content (AvgIpc) is 3.51. The molecule has 3 aromatic heterocycles. The number of anilines is 2. The first kappa shape index (κ1) is 25.9. The zero-order chi connectivity index (χ0) is 27.1. The first-order valence-electron chi connectivity index (χ1n) is 13.6. The van der Waals surface area contributed by atoms with E-state index in [0.29, 0.717) is 17.9 Å². The molecule has 1 aromatic carbocycles. The van der Waals surface area contributed by atoms with Crippen molar-refractivity contribution in [2.24, 2.45) is 11.8 Å². The van der Waals surface area contributed by atoms with Crippen LogP contribution in [-0.4, -0.2) is 38.6 Å². The summed E-state index contributed by atoms with van der Waals surface area (Å²) < 4.78 is 34.7. The normalized spacial score (nSPS) is 19.8. The Kier molecular flexibility index (Phi) is 7.05. The minimum absolute atomic E-state index is 0.142. The van der Waals surface area contributed by atoms with Crippen LogP contribution in [0.3, 0.4) is 0 Å². The molecule has 2 aliphatic carbocycles. The number of pyridine rings is 1. The lowest BCUT2D eigenvalue weighted by atomic mass is 10.1. The molecule has 2 aliphatic rings. The first-order chi connectivity index (χ1) is 18.9. The van der Waals surface area contributed by atoms with Gasteiger partial charge >= 0.3 is 0 Å². The third-order valence-electron chi connectivity index (χ3n) is 7.74. The highest BCUT2D eigenvalue weighted by molar-refractivity contribution is 7.21. The van der Waals surface area contributed by atoms with Crippen molar-refractivity contribution in [1.29, 1.82) is 0 Å². The molecule has 0 spiro atoms. The molecule has 204 valence electrons. The van der Waals surface area contributed by atoms with Crippen molar-refractivity contribution in [3.8, 4) is 16.3 Å². The summed E-state index contributed by atoms with van der Waals surface area (Å²) in [7, 11) is 0. The smallest absolute Gasteiger partial charge is 0.225 e. The number of hydrogen-bond acceptors (Lipinski definition) is 8. The molecule has 39 heavy (non-hydrogen) atoms. The van der Waals surface area contributed by atoms with E-state index < -0.39 is 11.6 Å². The zero-order valence-electron chi connectivity index (χ0n) is 22.3. The summed E-state index contributed by atoms with van der Waals surface area (Å²) in [4.78, 5) is 19.1. The SMILES string of the molecule is Cc1nc(N[C@H](C)C2CC2)nc(N[C@H]2CCC(COc3c(F)cccc3F)C2)c1-c1nc2c(C)nccc2s1. The molecular formula is C29H32F2N6OS. The number of hydrogen-bond donors (Lipinski definition) is 2. The third-order valence-corrected chi connectivity index (χ3v) is 8.78. The van der Waals surface area contributed by atoms with Crippen LogP contribution in [0.4, 0.5) is 20.5 Å². The van der Waals surface area contributed by atoms with Gasteiger partial charge in [-0.1, -0.05) is 6.07 Å². The molecule has 0 amide bonds. The molecule has 2 saturated carbocycles. The number of thiazole rings is 1. The maximum atomic E-state index is 14.0. The summed E-state index contributed by atoms with van der Waals surface area (Å²) >= 11 is 1.61. The Hall–Kier alpha value is -3.40. The Labute approximate surface area is 230 Å². The van der Waals surface area contributed by atoms with Gasteiger partial charge in [0.15, 0.2) is 17.4 Å². The van der Waals surface area contributed by atoms with Gasteiger partial charge in [0, 0.05) is 18.3 Å². The summed E-state index contributed by atoms with van der Waals surface area (Å²) in [6, 6.07) is 6.21. The van der Waals surface area contributed by atoms with E-state index in [1.54, 1.807) is 11.3 Å². The van der Waals surface area contributed by atoms with Gasteiger partial charge in [-0.05, 0) is 82.9 Å². The molecule has 0 saturated heterocycles. The second-order valence-electron chi connectivity index (χ2n) is 10.8. The molecular weight excluding hydrogens is 518 g/mol. The van der Waals surface area contributed by atoms with Crippen molar-refractivity contribution >= 4 is 33.3 Å². The lowest BCUT2D eigenvalue weighted by Crippen LogP contribution is -2.22. The largest absolute Gasteiger partial charge is 0.487 e. The molecule has 3 atom stereocenters. The number of benzene rings is 1. The van der Waals surface area contributed by atoms with Gasteiger partial charge in [0.25, 0.3) is 0 Å². The molecule has 6 rings (SSSR count). The quantitative estimate of drug-likeness (QED) is 0.234. The van der Waals surface area contributed by atoms with Gasteiger partial charge in [-0.15, -0.1) is 11.3 Å². The van der Waals surface area contributed by atoms with Crippen LogP contribution < -0.4 is 15.4 Å². The lowest BCUT2D eigenvalue weighted by Gasteiger charge is -2.20. The molecule has 4 aromatic rings. The molecule has 0 bridgehead atoms. The van der Waals surface area contributed by atoms with Crippen LogP contribution in [0.15, 0.2) is 30.5 Å². The molecule has 10 heteroatoms. The number of ether oxygens (including phenoxy) is 1. The van der Waals surface area contributed by atoms with Crippen LogP contribution in [0.25, 0.3) is 20.8 Å². The van der Waals surface area contributed by atoms with Crippen molar-refractivity contribution in [1.82, 2.24) is 19.9 Å². The maximum Gasteiger partial charge on any atom is 0.225 e. The van der Waals surface area contributed by atoms with Gasteiger partial charge in [0.1, 0.15) is 16.3 Å². The highest BCUT2D eigenvalue weighted by Crippen LogP contribution is 2.39. The number of rotatable bonds is 9. The maximum absolute atomic E-state index is 14.0. The Bertz CT molecular complexity index is 1490. The number of aryl methyl sites for hydroxylation is 2. The highest BCUT2D eigenvalue weighted by atomic mass is 32.1. The second kappa shape index (κ2) is 10.6. The summed E-state index contributed by atoms with van der Waals surface area (Å²) in [5, 5.41) is 8.03. The third kappa shape index (κ3) is 5.52. The predicted octanol–water partition coefficient (Wildman–Crippen LogP) is 6.91. The topological polar surface area (TPSA) is 84.9 Å². The van der Waals surface area contributed by atoms with Gasteiger partial charge in [-0.3, -0.25) is 4.98 Å². The number of aromatic nitrogens is 4. The van der Waals surface area contributed by atoms with Crippen LogP contribution >= 0.6 is 11.3 Å². The van der Waals surface area contributed by atoms with Crippen molar-refractivity contribution in [2.45, 2.75) is 65.0 Å².